The van der Waals surface area contributed by atoms with Crippen LogP contribution in [0, 0.1) is 5.92 Å². The molecule has 0 aliphatic carbocycles. The van der Waals surface area contributed by atoms with E-state index in [1.54, 1.807) is 14.2 Å². The van der Waals surface area contributed by atoms with E-state index in [0.717, 1.165) is 5.56 Å². The van der Waals surface area contributed by atoms with Crippen molar-refractivity contribution in [2.75, 3.05) is 34.4 Å². The number of carboxylic acid groups (broad SMARTS) is 1. The molecule has 0 amide bonds. The summed E-state index contributed by atoms with van der Waals surface area (Å²) in [6.45, 7) is 1.23. The number of likely N-dealkylation sites (N-methyl/N-ethyl adjacent to an activating group) is 1. The Balaban J connectivity index is 2.47. The van der Waals surface area contributed by atoms with Crippen molar-refractivity contribution in [1.29, 1.82) is 0 Å². The molecule has 1 aliphatic rings. The molecule has 104 valence electrons. The Morgan fingerprint density at radius 3 is 2.32 bits per heavy atom. The highest BCUT2D eigenvalue weighted by Gasteiger charge is 2.39. The number of carboxylic acids is 1. The van der Waals surface area contributed by atoms with Gasteiger partial charge in [-0.25, -0.2) is 0 Å². The van der Waals surface area contributed by atoms with Crippen molar-refractivity contribution in [2.24, 2.45) is 5.92 Å². The SMILES string of the molecule is COc1cccc(OC)c1[C@@H]1CN(C)C[C@@H]1C(=O)O. The predicted octanol–water partition coefficient (Wildman–Crippen LogP) is 1.43. The molecule has 1 aliphatic heterocycles. The number of benzene rings is 1. The van der Waals surface area contributed by atoms with Crippen molar-refractivity contribution in [2.45, 2.75) is 5.92 Å². The molecule has 0 aromatic heterocycles. The molecular weight excluding hydrogens is 246 g/mol. The third-order valence-electron chi connectivity index (χ3n) is 3.66. The second-order valence-electron chi connectivity index (χ2n) is 4.85. The van der Waals surface area contributed by atoms with Crippen LogP contribution in [0.2, 0.25) is 0 Å². The maximum atomic E-state index is 11.4. The number of methoxy groups -OCH3 is 2. The molecule has 5 heteroatoms. The van der Waals surface area contributed by atoms with Crippen molar-refractivity contribution >= 4 is 5.97 Å². The smallest absolute Gasteiger partial charge is 0.308 e. The van der Waals surface area contributed by atoms with Crippen LogP contribution >= 0.6 is 0 Å². The highest BCUT2D eigenvalue weighted by molar-refractivity contribution is 5.73. The Labute approximate surface area is 112 Å². The highest BCUT2D eigenvalue weighted by Crippen LogP contribution is 2.42. The van der Waals surface area contributed by atoms with Crippen LogP contribution in [0.15, 0.2) is 18.2 Å². The second-order valence-corrected chi connectivity index (χ2v) is 4.85. The second kappa shape index (κ2) is 5.48. The molecule has 1 fully saturated rings. The van der Waals surface area contributed by atoms with Gasteiger partial charge in [-0.3, -0.25) is 4.79 Å². The normalized spacial score (nSPS) is 23.3. The summed E-state index contributed by atoms with van der Waals surface area (Å²) < 4.78 is 10.7. The Kier molecular flexibility index (Phi) is 3.95. The zero-order valence-electron chi connectivity index (χ0n) is 11.4. The van der Waals surface area contributed by atoms with Gasteiger partial charge in [-0.15, -0.1) is 0 Å². The maximum Gasteiger partial charge on any atom is 0.308 e. The van der Waals surface area contributed by atoms with E-state index in [1.165, 1.54) is 0 Å². The molecule has 0 spiro atoms. The first-order chi connectivity index (χ1) is 9.08. The quantitative estimate of drug-likeness (QED) is 0.892. The van der Waals surface area contributed by atoms with Crippen molar-refractivity contribution in [3.05, 3.63) is 23.8 Å². The minimum absolute atomic E-state index is 0.117. The van der Waals surface area contributed by atoms with Crippen LogP contribution in [0.3, 0.4) is 0 Å². The van der Waals surface area contributed by atoms with Crippen LogP contribution in [0.5, 0.6) is 11.5 Å². The summed E-state index contributed by atoms with van der Waals surface area (Å²) in [4.78, 5) is 13.4. The van der Waals surface area contributed by atoms with Gasteiger partial charge in [-0.2, -0.15) is 0 Å². The molecule has 0 bridgehead atoms. The molecule has 1 saturated heterocycles. The molecule has 2 atom stereocenters. The number of ether oxygens (including phenoxy) is 2. The van der Waals surface area contributed by atoms with Crippen molar-refractivity contribution in [3.63, 3.8) is 0 Å². The van der Waals surface area contributed by atoms with Crippen molar-refractivity contribution in [3.8, 4) is 11.5 Å². The molecule has 1 aromatic carbocycles. The summed E-state index contributed by atoms with van der Waals surface area (Å²) in [6, 6.07) is 5.53. The fourth-order valence-corrected chi connectivity index (χ4v) is 2.79. The third kappa shape index (κ3) is 2.51. The summed E-state index contributed by atoms with van der Waals surface area (Å²) in [5.41, 5.74) is 0.851. The fourth-order valence-electron chi connectivity index (χ4n) is 2.79. The first-order valence-corrected chi connectivity index (χ1v) is 6.20. The van der Waals surface area contributed by atoms with Crippen LogP contribution < -0.4 is 9.47 Å². The summed E-state index contributed by atoms with van der Waals surface area (Å²) in [5.74, 6) is 0.0444. The van der Waals surface area contributed by atoms with E-state index in [9.17, 15) is 9.90 Å². The lowest BCUT2D eigenvalue weighted by molar-refractivity contribution is -0.141. The van der Waals surface area contributed by atoms with Crippen LogP contribution in [-0.2, 0) is 4.79 Å². The Hall–Kier alpha value is -1.75. The molecule has 0 radical (unpaired) electrons. The zero-order valence-corrected chi connectivity index (χ0v) is 11.4. The molecule has 1 N–H and O–H groups in total. The minimum Gasteiger partial charge on any atom is -0.496 e. The third-order valence-corrected chi connectivity index (χ3v) is 3.66. The number of rotatable bonds is 4. The number of likely N-dealkylation sites (tertiary alicyclic amines) is 1. The van der Waals surface area contributed by atoms with E-state index >= 15 is 0 Å². The van der Waals surface area contributed by atoms with Crippen LogP contribution in [-0.4, -0.2) is 50.3 Å². The Morgan fingerprint density at radius 1 is 1.26 bits per heavy atom. The first-order valence-electron chi connectivity index (χ1n) is 6.20. The lowest BCUT2D eigenvalue weighted by Gasteiger charge is -2.21. The zero-order chi connectivity index (χ0) is 14.0. The standard InChI is InChI=1S/C14H19NO4/c1-15-7-9(10(8-15)14(16)17)13-11(18-2)5-4-6-12(13)19-3/h4-6,9-10H,7-8H2,1-3H3,(H,16,17)/t9-,10+/m1/s1. The summed E-state index contributed by atoms with van der Waals surface area (Å²) in [5, 5.41) is 9.38. The predicted molar refractivity (Wildman–Crippen MR) is 70.9 cm³/mol. The molecule has 1 heterocycles. The van der Waals surface area contributed by atoms with Gasteiger partial charge in [0.25, 0.3) is 0 Å². The Morgan fingerprint density at radius 2 is 1.84 bits per heavy atom. The molecular formula is C14H19NO4. The average Bonchev–Trinajstić information content (AvgIpc) is 2.79. The lowest BCUT2D eigenvalue weighted by atomic mass is 9.87. The van der Waals surface area contributed by atoms with Gasteiger partial charge in [0.15, 0.2) is 0 Å². The molecule has 0 saturated carbocycles. The summed E-state index contributed by atoms with van der Waals surface area (Å²) in [6.07, 6.45) is 0. The van der Waals surface area contributed by atoms with Crippen molar-refractivity contribution in [1.82, 2.24) is 4.90 Å². The van der Waals surface area contributed by atoms with E-state index in [0.29, 0.717) is 24.6 Å². The number of aliphatic carboxylic acids is 1. The van der Waals surface area contributed by atoms with E-state index in [-0.39, 0.29) is 5.92 Å². The molecule has 1 aromatic rings. The van der Waals surface area contributed by atoms with Crippen LogP contribution in [0.1, 0.15) is 11.5 Å². The van der Waals surface area contributed by atoms with Crippen molar-refractivity contribution < 1.29 is 19.4 Å². The summed E-state index contributed by atoms with van der Waals surface area (Å²) in [7, 11) is 5.11. The maximum absolute atomic E-state index is 11.4. The van der Waals surface area contributed by atoms with E-state index in [2.05, 4.69) is 0 Å². The number of carbonyl (C=O) groups is 1. The largest absolute Gasteiger partial charge is 0.496 e. The van der Waals surface area contributed by atoms with Crippen LogP contribution in [0.4, 0.5) is 0 Å². The average molecular weight is 265 g/mol. The number of hydrogen-bond donors (Lipinski definition) is 1. The van der Waals surface area contributed by atoms with Gasteiger partial charge in [0.2, 0.25) is 0 Å². The number of hydrogen-bond acceptors (Lipinski definition) is 4. The van der Waals surface area contributed by atoms with Gasteiger partial charge in [-0.05, 0) is 19.2 Å². The first kappa shape index (κ1) is 13.7. The van der Waals surface area contributed by atoms with Crippen LogP contribution in [0.25, 0.3) is 0 Å². The van der Waals surface area contributed by atoms with Gasteiger partial charge in [0.05, 0.1) is 20.1 Å². The van der Waals surface area contributed by atoms with Gasteiger partial charge in [0, 0.05) is 24.6 Å². The molecule has 5 nitrogen and oxygen atoms in total. The monoisotopic (exact) mass is 265 g/mol. The van der Waals surface area contributed by atoms with E-state index in [1.807, 2.05) is 30.1 Å². The van der Waals surface area contributed by atoms with Gasteiger partial charge < -0.3 is 19.5 Å². The number of nitrogens with zero attached hydrogens (tertiary/aromatic N) is 1. The minimum atomic E-state index is -0.776. The van der Waals surface area contributed by atoms with Gasteiger partial charge in [-0.1, -0.05) is 6.07 Å². The highest BCUT2D eigenvalue weighted by atomic mass is 16.5. The van der Waals surface area contributed by atoms with E-state index < -0.39 is 11.9 Å². The van der Waals surface area contributed by atoms with E-state index in [4.69, 9.17) is 9.47 Å². The molecule has 19 heavy (non-hydrogen) atoms. The molecule has 0 unspecified atom stereocenters. The topological polar surface area (TPSA) is 59.0 Å². The van der Waals surface area contributed by atoms with Gasteiger partial charge in [0.1, 0.15) is 11.5 Å². The molecule has 2 rings (SSSR count). The lowest BCUT2D eigenvalue weighted by Crippen LogP contribution is -2.22. The fraction of sp³-hybridized carbons (Fsp3) is 0.500. The Bertz CT molecular complexity index is 452. The summed E-state index contributed by atoms with van der Waals surface area (Å²) >= 11 is 0. The van der Waals surface area contributed by atoms with Gasteiger partial charge >= 0.3 is 5.97 Å².